The van der Waals surface area contributed by atoms with Crippen molar-refractivity contribution in [3.8, 4) is 5.75 Å². The minimum atomic E-state index is 0.0748. The van der Waals surface area contributed by atoms with E-state index in [2.05, 4.69) is 0 Å². The van der Waals surface area contributed by atoms with Crippen molar-refractivity contribution in [2.24, 2.45) is 11.3 Å². The van der Waals surface area contributed by atoms with E-state index in [4.69, 9.17) is 14.2 Å². The summed E-state index contributed by atoms with van der Waals surface area (Å²) in [6.45, 7) is 6.09. The van der Waals surface area contributed by atoms with Gasteiger partial charge < -0.3 is 19.1 Å². The first kappa shape index (κ1) is 18.2. The molecule has 1 atom stereocenters. The summed E-state index contributed by atoms with van der Waals surface area (Å²) in [6, 6.07) is 7.80. The van der Waals surface area contributed by atoms with E-state index in [0.29, 0.717) is 5.92 Å². The van der Waals surface area contributed by atoms with Crippen LogP contribution in [0.5, 0.6) is 5.75 Å². The molecular weight excluding hydrogens is 318 g/mol. The van der Waals surface area contributed by atoms with Gasteiger partial charge in [0.25, 0.3) is 5.91 Å². The molecule has 5 nitrogen and oxygen atoms in total. The van der Waals surface area contributed by atoms with Crippen molar-refractivity contribution in [2.45, 2.75) is 26.2 Å². The molecule has 1 aromatic rings. The van der Waals surface area contributed by atoms with Crippen molar-refractivity contribution in [1.29, 1.82) is 0 Å². The number of likely N-dealkylation sites (tertiary alicyclic amines) is 1. The second-order valence-electron chi connectivity index (χ2n) is 7.32. The highest BCUT2D eigenvalue weighted by Crippen LogP contribution is 2.44. The Labute approximate surface area is 150 Å². The SMILES string of the molecule is COCC1COCCC12CCN(C(=O)COc1ccc(C)cc1)CC2. The Balaban J connectivity index is 1.50. The van der Waals surface area contributed by atoms with Gasteiger partial charge in [0, 0.05) is 32.7 Å². The number of carbonyl (C=O) groups excluding carboxylic acids is 1. The molecule has 3 rings (SSSR count). The van der Waals surface area contributed by atoms with Crippen LogP contribution in [0.4, 0.5) is 0 Å². The molecule has 0 aromatic heterocycles. The molecule has 1 spiro atoms. The van der Waals surface area contributed by atoms with Gasteiger partial charge in [0.15, 0.2) is 6.61 Å². The quantitative estimate of drug-likeness (QED) is 0.822. The molecule has 0 aliphatic carbocycles. The maximum atomic E-state index is 12.5. The third kappa shape index (κ3) is 4.33. The molecule has 1 aromatic carbocycles. The van der Waals surface area contributed by atoms with Gasteiger partial charge in [0.2, 0.25) is 0 Å². The third-order valence-electron chi connectivity index (χ3n) is 5.79. The van der Waals surface area contributed by atoms with Gasteiger partial charge in [-0.1, -0.05) is 17.7 Å². The molecule has 138 valence electrons. The van der Waals surface area contributed by atoms with E-state index >= 15 is 0 Å². The molecule has 0 saturated carbocycles. The van der Waals surface area contributed by atoms with Gasteiger partial charge in [-0.25, -0.2) is 0 Å². The van der Waals surface area contributed by atoms with Crippen molar-refractivity contribution in [2.75, 3.05) is 46.6 Å². The Morgan fingerprint density at radius 1 is 1.24 bits per heavy atom. The fourth-order valence-corrected chi connectivity index (χ4v) is 4.04. The van der Waals surface area contributed by atoms with E-state index < -0.39 is 0 Å². The van der Waals surface area contributed by atoms with E-state index in [9.17, 15) is 4.79 Å². The number of amides is 1. The summed E-state index contributed by atoms with van der Waals surface area (Å²) >= 11 is 0. The molecule has 2 aliphatic rings. The maximum absolute atomic E-state index is 12.5. The zero-order valence-electron chi connectivity index (χ0n) is 15.3. The lowest BCUT2D eigenvalue weighted by Gasteiger charge is -2.48. The van der Waals surface area contributed by atoms with E-state index in [1.54, 1.807) is 7.11 Å². The van der Waals surface area contributed by atoms with Crippen molar-refractivity contribution in [1.82, 2.24) is 4.90 Å². The number of hydrogen-bond acceptors (Lipinski definition) is 4. The van der Waals surface area contributed by atoms with Crippen LogP contribution in [0.15, 0.2) is 24.3 Å². The molecule has 1 unspecified atom stereocenters. The number of ether oxygens (including phenoxy) is 3. The van der Waals surface area contributed by atoms with Gasteiger partial charge >= 0.3 is 0 Å². The van der Waals surface area contributed by atoms with Crippen LogP contribution in [0.2, 0.25) is 0 Å². The molecule has 2 fully saturated rings. The average molecular weight is 347 g/mol. The van der Waals surface area contributed by atoms with Crippen molar-refractivity contribution < 1.29 is 19.0 Å². The number of nitrogens with zero attached hydrogens (tertiary/aromatic N) is 1. The smallest absolute Gasteiger partial charge is 0.260 e. The first-order chi connectivity index (χ1) is 12.1. The zero-order valence-corrected chi connectivity index (χ0v) is 15.3. The number of piperidine rings is 1. The van der Waals surface area contributed by atoms with E-state index in [-0.39, 0.29) is 17.9 Å². The number of carbonyl (C=O) groups is 1. The Morgan fingerprint density at radius 2 is 1.96 bits per heavy atom. The Kier molecular flexibility index (Phi) is 5.97. The normalized spacial score (nSPS) is 22.8. The van der Waals surface area contributed by atoms with Crippen LogP contribution < -0.4 is 4.74 Å². The maximum Gasteiger partial charge on any atom is 0.260 e. The monoisotopic (exact) mass is 347 g/mol. The Bertz CT molecular complexity index is 562. The molecular formula is C20H29NO4. The van der Waals surface area contributed by atoms with Gasteiger partial charge in [0.05, 0.1) is 13.2 Å². The molecule has 0 bridgehead atoms. The lowest BCUT2D eigenvalue weighted by molar-refractivity contribution is -0.140. The number of hydrogen-bond donors (Lipinski definition) is 0. The predicted molar refractivity (Wildman–Crippen MR) is 95.7 cm³/mol. The standard InChI is InChI=1S/C20H29NO4/c1-16-3-5-18(6-4-16)25-15-19(22)21-10-7-20(8-11-21)9-12-24-14-17(20)13-23-2/h3-6,17H,7-15H2,1-2H3. The lowest BCUT2D eigenvalue weighted by atomic mass is 9.66. The molecule has 2 aliphatic heterocycles. The predicted octanol–water partition coefficient (Wildman–Crippen LogP) is 2.67. The largest absolute Gasteiger partial charge is 0.484 e. The summed E-state index contributed by atoms with van der Waals surface area (Å²) in [5.74, 6) is 1.26. The molecule has 0 radical (unpaired) electrons. The van der Waals surface area contributed by atoms with Crippen molar-refractivity contribution >= 4 is 5.91 Å². The Hall–Kier alpha value is -1.59. The second kappa shape index (κ2) is 8.19. The van der Waals surface area contributed by atoms with Gasteiger partial charge in [-0.2, -0.15) is 0 Å². The van der Waals surface area contributed by atoms with Crippen LogP contribution in [0.25, 0.3) is 0 Å². The summed E-state index contributed by atoms with van der Waals surface area (Å²) in [5.41, 5.74) is 1.45. The van der Waals surface area contributed by atoms with Crippen LogP contribution in [-0.2, 0) is 14.3 Å². The van der Waals surface area contributed by atoms with Crippen LogP contribution >= 0.6 is 0 Å². The van der Waals surface area contributed by atoms with Gasteiger partial charge in [-0.3, -0.25) is 4.79 Å². The molecule has 1 amide bonds. The number of methoxy groups -OCH3 is 1. The van der Waals surface area contributed by atoms with Gasteiger partial charge in [0.1, 0.15) is 5.75 Å². The first-order valence-electron chi connectivity index (χ1n) is 9.17. The number of benzene rings is 1. The minimum absolute atomic E-state index is 0.0748. The zero-order chi connectivity index (χ0) is 17.7. The van der Waals surface area contributed by atoms with Crippen molar-refractivity contribution in [3.63, 3.8) is 0 Å². The van der Waals surface area contributed by atoms with Crippen LogP contribution in [0.3, 0.4) is 0 Å². The highest BCUT2D eigenvalue weighted by atomic mass is 16.5. The van der Waals surface area contributed by atoms with Crippen molar-refractivity contribution in [3.05, 3.63) is 29.8 Å². The van der Waals surface area contributed by atoms with Gasteiger partial charge in [-0.05, 0) is 43.7 Å². The highest BCUT2D eigenvalue weighted by molar-refractivity contribution is 5.77. The summed E-state index contributed by atoms with van der Waals surface area (Å²) in [5, 5.41) is 0. The molecule has 0 N–H and O–H groups in total. The topological polar surface area (TPSA) is 48.0 Å². The summed E-state index contributed by atoms with van der Waals surface area (Å²) < 4.78 is 16.7. The molecule has 5 heteroatoms. The fourth-order valence-electron chi connectivity index (χ4n) is 4.04. The fraction of sp³-hybridized carbons (Fsp3) is 0.650. The number of aryl methyl sites for hydroxylation is 1. The highest BCUT2D eigenvalue weighted by Gasteiger charge is 2.44. The lowest BCUT2D eigenvalue weighted by Crippen LogP contribution is -2.51. The summed E-state index contributed by atoms with van der Waals surface area (Å²) in [4.78, 5) is 14.4. The van der Waals surface area contributed by atoms with Crippen LogP contribution in [0.1, 0.15) is 24.8 Å². The Morgan fingerprint density at radius 3 is 2.64 bits per heavy atom. The summed E-state index contributed by atoms with van der Waals surface area (Å²) in [7, 11) is 1.75. The summed E-state index contributed by atoms with van der Waals surface area (Å²) in [6.07, 6.45) is 3.13. The van der Waals surface area contributed by atoms with Crippen LogP contribution in [0, 0.1) is 18.3 Å². The molecule has 2 heterocycles. The number of rotatable bonds is 5. The first-order valence-corrected chi connectivity index (χ1v) is 9.17. The average Bonchev–Trinajstić information content (AvgIpc) is 2.64. The third-order valence-corrected chi connectivity index (χ3v) is 5.79. The molecule has 2 saturated heterocycles. The second-order valence-corrected chi connectivity index (χ2v) is 7.32. The van der Waals surface area contributed by atoms with E-state index in [0.717, 1.165) is 57.9 Å². The van der Waals surface area contributed by atoms with E-state index in [1.165, 1.54) is 5.56 Å². The van der Waals surface area contributed by atoms with Gasteiger partial charge in [-0.15, -0.1) is 0 Å². The molecule has 25 heavy (non-hydrogen) atoms. The van der Waals surface area contributed by atoms with E-state index in [1.807, 2.05) is 36.1 Å². The minimum Gasteiger partial charge on any atom is -0.484 e. The van der Waals surface area contributed by atoms with Crippen LogP contribution in [-0.4, -0.2) is 57.4 Å².